The lowest BCUT2D eigenvalue weighted by atomic mass is 10.2. The number of nitrogens with zero attached hydrogens (tertiary/aromatic N) is 6. The Hall–Kier alpha value is -3.00. The summed E-state index contributed by atoms with van der Waals surface area (Å²) in [5.74, 6) is 1.06. The molecule has 8 heteroatoms. The second-order valence-corrected chi connectivity index (χ2v) is 6.98. The number of aromatic nitrogens is 6. The van der Waals surface area contributed by atoms with Crippen LogP contribution in [0.3, 0.4) is 0 Å². The Labute approximate surface area is 154 Å². The molecule has 0 aliphatic carbocycles. The number of hydrogen-bond acceptors (Lipinski definition) is 7. The second kappa shape index (κ2) is 7.49. The standard InChI is InChI=1S/C18H16N6OS/c1-13(16-19-20-17(25-16)15-10-6-3-7-11-15)26-18-21-22-23-24(18)12-14-8-4-2-5-9-14/h2-11,13H,12H2,1H3. The minimum atomic E-state index is -0.0690. The summed E-state index contributed by atoms with van der Waals surface area (Å²) in [7, 11) is 0. The molecule has 0 radical (unpaired) electrons. The van der Waals surface area contributed by atoms with Gasteiger partial charge in [0.25, 0.3) is 0 Å². The molecule has 0 saturated heterocycles. The summed E-state index contributed by atoms with van der Waals surface area (Å²) in [5, 5.41) is 20.9. The molecule has 0 amide bonds. The molecule has 2 aromatic heterocycles. The van der Waals surface area contributed by atoms with Crippen LogP contribution in [0.5, 0.6) is 0 Å². The zero-order valence-electron chi connectivity index (χ0n) is 14.1. The molecule has 26 heavy (non-hydrogen) atoms. The minimum absolute atomic E-state index is 0.0690. The molecule has 4 rings (SSSR count). The van der Waals surface area contributed by atoms with E-state index in [1.807, 2.05) is 67.6 Å². The van der Waals surface area contributed by atoms with Gasteiger partial charge in [0, 0.05) is 5.56 Å². The second-order valence-electron chi connectivity index (χ2n) is 5.68. The predicted molar refractivity (Wildman–Crippen MR) is 97.4 cm³/mol. The molecule has 2 heterocycles. The van der Waals surface area contributed by atoms with Gasteiger partial charge in [0.05, 0.1) is 11.8 Å². The zero-order valence-corrected chi connectivity index (χ0v) is 14.9. The maximum atomic E-state index is 5.82. The highest BCUT2D eigenvalue weighted by Gasteiger charge is 2.19. The molecule has 0 aliphatic heterocycles. The topological polar surface area (TPSA) is 82.5 Å². The third-order valence-corrected chi connectivity index (χ3v) is 4.82. The van der Waals surface area contributed by atoms with Crippen LogP contribution in [-0.4, -0.2) is 30.4 Å². The van der Waals surface area contributed by atoms with Crippen LogP contribution < -0.4 is 0 Å². The van der Waals surface area contributed by atoms with Crippen LogP contribution >= 0.6 is 11.8 Å². The van der Waals surface area contributed by atoms with Gasteiger partial charge in [-0.25, -0.2) is 4.68 Å². The van der Waals surface area contributed by atoms with E-state index < -0.39 is 0 Å². The summed E-state index contributed by atoms with van der Waals surface area (Å²) in [5.41, 5.74) is 2.04. The van der Waals surface area contributed by atoms with Crippen molar-refractivity contribution in [3.63, 3.8) is 0 Å². The van der Waals surface area contributed by atoms with Gasteiger partial charge >= 0.3 is 0 Å². The van der Waals surface area contributed by atoms with Crippen LogP contribution in [0, 0.1) is 0 Å². The fraction of sp³-hybridized carbons (Fsp3) is 0.167. The molecule has 4 aromatic rings. The fourth-order valence-corrected chi connectivity index (χ4v) is 3.26. The van der Waals surface area contributed by atoms with Gasteiger partial charge in [0.2, 0.25) is 16.9 Å². The van der Waals surface area contributed by atoms with Gasteiger partial charge < -0.3 is 4.42 Å². The van der Waals surface area contributed by atoms with E-state index in [1.165, 1.54) is 11.8 Å². The van der Waals surface area contributed by atoms with Gasteiger partial charge in [0.15, 0.2) is 0 Å². The van der Waals surface area contributed by atoms with Gasteiger partial charge in [-0.05, 0) is 35.0 Å². The van der Waals surface area contributed by atoms with Crippen molar-refractivity contribution in [3.05, 3.63) is 72.1 Å². The molecule has 1 unspecified atom stereocenters. The lowest BCUT2D eigenvalue weighted by molar-refractivity contribution is 0.508. The van der Waals surface area contributed by atoms with Crippen molar-refractivity contribution in [2.24, 2.45) is 0 Å². The van der Waals surface area contributed by atoms with E-state index in [2.05, 4.69) is 25.7 Å². The third kappa shape index (κ3) is 3.65. The van der Waals surface area contributed by atoms with Crippen LogP contribution in [0.4, 0.5) is 0 Å². The van der Waals surface area contributed by atoms with Crippen LogP contribution in [-0.2, 0) is 6.54 Å². The van der Waals surface area contributed by atoms with E-state index in [-0.39, 0.29) is 5.25 Å². The molecule has 2 aromatic carbocycles. The molecule has 0 fully saturated rings. The minimum Gasteiger partial charge on any atom is -0.419 e. The first-order valence-corrected chi connectivity index (χ1v) is 9.03. The Bertz CT molecular complexity index is 970. The SMILES string of the molecule is CC(Sc1nnnn1Cc1ccccc1)c1nnc(-c2ccccc2)o1. The smallest absolute Gasteiger partial charge is 0.247 e. The van der Waals surface area contributed by atoms with E-state index >= 15 is 0 Å². The summed E-state index contributed by atoms with van der Waals surface area (Å²) in [6.07, 6.45) is 0. The number of rotatable bonds is 6. The molecular formula is C18H16N6OS. The van der Waals surface area contributed by atoms with Crippen LogP contribution in [0.1, 0.15) is 23.6 Å². The molecule has 0 saturated carbocycles. The first kappa shape index (κ1) is 16.5. The molecular weight excluding hydrogens is 348 g/mol. The molecule has 7 nitrogen and oxygen atoms in total. The van der Waals surface area contributed by atoms with E-state index in [9.17, 15) is 0 Å². The van der Waals surface area contributed by atoms with Gasteiger partial charge in [0.1, 0.15) is 0 Å². The van der Waals surface area contributed by atoms with E-state index in [0.717, 1.165) is 11.1 Å². The molecule has 0 spiro atoms. The van der Waals surface area contributed by atoms with E-state index in [0.29, 0.717) is 23.5 Å². The highest BCUT2D eigenvalue weighted by molar-refractivity contribution is 7.99. The van der Waals surface area contributed by atoms with Gasteiger partial charge in [-0.3, -0.25) is 0 Å². The fourth-order valence-electron chi connectivity index (χ4n) is 2.44. The Morgan fingerprint density at radius 3 is 2.46 bits per heavy atom. The number of benzene rings is 2. The third-order valence-electron chi connectivity index (χ3n) is 3.77. The van der Waals surface area contributed by atoms with Crippen molar-refractivity contribution in [1.29, 1.82) is 0 Å². The summed E-state index contributed by atoms with van der Waals surface area (Å²) < 4.78 is 7.59. The molecule has 0 aliphatic rings. The van der Waals surface area contributed by atoms with Crippen LogP contribution in [0.15, 0.2) is 70.2 Å². The zero-order chi connectivity index (χ0) is 17.8. The maximum absolute atomic E-state index is 5.82. The first-order valence-electron chi connectivity index (χ1n) is 8.15. The Balaban J connectivity index is 1.48. The monoisotopic (exact) mass is 364 g/mol. The quantitative estimate of drug-likeness (QED) is 0.483. The number of tetrazole rings is 1. The van der Waals surface area contributed by atoms with Crippen molar-refractivity contribution in [2.45, 2.75) is 23.9 Å². The molecule has 130 valence electrons. The maximum Gasteiger partial charge on any atom is 0.247 e. The van der Waals surface area contributed by atoms with Gasteiger partial charge in [-0.15, -0.1) is 15.3 Å². The van der Waals surface area contributed by atoms with Crippen molar-refractivity contribution in [1.82, 2.24) is 30.4 Å². The normalized spacial score (nSPS) is 12.2. The Morgan fingerprint density at radius 1 is 0.962 bits per heavy atom. The predicted octanol–water partition coefficient (Wildman–Crippen LogP) is 3.62. The van der Waals surface area contributed by atoms with E-state index in [1.54, 1.807) is 4.68 Å². The summed E-state index contributed by atoms with van der Waals surface area (Å²) in [6.45, 7) is 2.61. The van der Waals surface area contributed by atoms with Crippen molar-refractivity contribution >= 4 is 11.8 Å². The lowest BCUT2D eigenvalue weighted by Gasteiger charge is -2.07. The van der Waals surface area contributed by atoms with Crippen molar-refractivity contribution < 1.29 is 4.42 Å². The molecule has 1 atom stereocenters. The largest absolute Gasteiger partial charge is 0.419 e. The first-order chi connectivity index (χ1) is 12.8. The van der Waals surface area contributed by atoms with Gasteiger partial charge in [-0.2, -0.15) is 0 Å². The Kier molecular flexibility index (Phi) is 4.74. The van der Waals surface area contributed by atoms with Crippen molar-refractivity contribution in [2.75, 3.05) is 0 Å². The molecule has 0 N–H and O–H groups in total. The number of hydrogen-bond donors (Lipinski definition) is 0. The highest BCUT2D eigenvalue weighted by atomic mass is 32.2. The summed E-state index contributed by atoms with van der Waals surface area (Å²) in [6, 6.07) is 19.8. The van der Waals surface area contributed by atoms with Crippen LogP contribution in [0.25, 0.3) is 11.5 Å². The van der Waals surface area contributed by atoms with Crippen molar-refractivity contribution in [3.8, 4) is 11.5 Å². The van der Waals surface area contributed by atoms with Crippen LogP contribution in [0.2, 0.25) is 0 Å². The summed E-state index contributed by atoms with van der Waals surface area (Å²) >= 11 is 1.49. The lowest BCUT2D eigenvalue weighted by Crippen LogP contribution is -2.04. The van der Waals surface area contributed by atoms with Gasteiger partial charge in [-0.1, -0.05) is 60.3 Å². The highest BCUT2D eigenvalue weighted by Crippen LogP contribution is 2.33. The number of thioether (sulfide) groups is 1. The van der Waals surface area contributed by atoms with E-state index in [4.69, 9.17) is 4.42 Å². The average Bonchev–Trinajstić information content (AvgIpc) is 3.34. The Morgan fingerprint density at radius 2 is 1.69 bits per heavy atom. The summed E-state index contributed by atoms with van der Waals surface area (Å²) in [4.78, 5) is 0. The average molecular weight is 364 g/mol. The molecule has 0 bridgehead atoms.